The number of nitrogens with zero attached hydrogens (tertiary/aromatic N) is 2. The molecule has 146 valence electrons. The Kier molecular flexibility index (Phi) is 5.50. The number of nitrogens with one attached hydrogen (secondary N) is 2. The van der Waals surface area contributed by atoms with Gasteiger partial charge in [0.05, 0.1) is 6.04 Å². The summed E-state index contributed by atoms with van der Waals surface area (Å²) >= 11 is 3.32. The molecular formula is C18H20BrF3N4O. The first-order chi connectivity index (χ1) is 12.6. The number of aromatic nitrogens is 2. The molecule has 9 heteroatoms. The Morgan fingerprint density at radius 1 is 1.37 bits per heavy atom. The summed E-state index contributed by atoms with van der Waals surface area (Å²) in [6.07, 6.45) is -4.67. The van der Waals surface area contributed by atoms with Gasteiger partial charge in [0, 0.05) is 23.5 Å². The molecule has 0 saturated carbocycles. The summed E-state index contributed by atoms with van der Waals surface area (Å²) in [5, 5.41) is 9.69. The molecule has 2 N–H and O–H groups in total. The molecule has 5 nitrogen and oxygen atoms in total. The SMILES string of the molecule is CC(C)CNC(=O)c1cc2n(n1)[C@H](C(F)(F)F)C[C@@H](c1ccc(Br)cc1)N2. The van der Waals surface area contributed by atoms with Crippen molar-refractivity contribution in [3.8, 4) is 0 Å². The first kappa shape index (κ1) is 19.7. The maximum atomic E-state index is 13.6. The molecule has 1 aliphatic heterocycles. The number of halogens is 4. The second-order valence-electron chi connectivity index (χ2n) is 7.00. The van der Waals surface area contributed by atoms with Gasteiger partial charge in [-0.2, -0.15) is 18.3 Å². The molecular weight excluding hydrogens is 425 g/mol. The van der Waals surface area contributed by atoms with Crippen LogP contribution in [0.2, 0.25) is 0 Å². The summed E-state index contributed by atoms with van der Waals surface area (Å²) in [4.78, 5) is 12.2. The van der Waals surface area contributed by atoms with E-state index < -0.39 is 24.2 Å². The number of fused-ring (bicyclic) bond motifs is 1. The first-order valence-corrected chi connectivity index (χ1v) is 9.41. The summed E-state index contributed by atoms with van der Waals surface area (Å²) in [5.41, 5.74) is 0.717. The average Bonchev–Trinajstić information content (AvgIpc) is 3.02. The van der Waals surface area contributed by atoms with Crippen LogP contribution >= 0.6 is 15.9 Å². The van der Waals surface area contributed by atoms with Crippen LogP contribution < -0.4 is 10.6 Å². The molecule has 0 saturated heterocycles. The summed E-state index contributed by atoms with van der Waals surface area (Å²) in [6.45, 7) is 4.30. The quantitative estimate of drug-likeness (QED) is 0.718. The predicted octanol–water partition coefficient (Wildman–Crippen LogP) is 4.69. The van der Waals surface area contributed by atoms with Gasteiger partial charge in [-0.05, 0) is 23.6 Å². The van der Waals surface area contributed by atoms with E-state index >= 15 is 0 Å². The van der Waals surface area contributed by atoms with Gasteiger partial charge in [0.1, 0.15) is 5.82 Å². The number of alkyl halides is 3. The minimum absolute atomic E-state index is 0.0242. The molecule has 1 aromatic heterocycles. The summed E-state index contributed by atoms with van der Waals surface area (Å²) in [5.74, 6) is -0.0614. The fourth-order valence-corrected chi connectivity index (χ4v) is 3.25. The van der Waals surface area contributed by atoms with Gasteiger partial charge < -0.3 is 10.6 Å². The number of carbonyl (C=O) groups is 1. The summed E-state index contributed by atoms with van der Waals surface area (Å²) < 4.78 is 42.6. The van der Waals surface area contributed by atoms with Crippen LogP contribution in [0.25, 0.3) is 0 Å². The number of amides is 1. The number of rotatable bonds is 4. The van der Waals surface area contributed by atoms with Crippen molar-refractivity contribution in [3.63, 3.8) is 0 Å². The van der Waals surface area contributed by atoms with Crippen molar-refractivity contribution in [2.45, 2.75) is 38.5 Å². The Labute approximate surface area is 163 Å². The second-order valence-corrected chi connectivity index (χ2v) is 7.92. The lowest BCUT2D eigenvalue weighted by Crippen LogP contribution is -2.36. The van der Waals surface area contributed by atoms with Gasteiger partial charge in [0.2, 0.25) is 0 Å². The summed E-state index contributed by atoms with van der Waals surface area (Å²) in [7, 11) is 0. The third kappa shape index (κ3) is 4.45. The van der Waals surface area contributed by atoms with Crippen LogP contribution in [-0.2, 0) is 0 Å². The van der Waals surface area contributed by atoms with Crippen molar-refractivity contribution in [2.24, 2.45) is 5.92 Å². The maximum Gasteiger partial charge on any atom is 0.410 e. The highest BCUT2D eigenvalue weighted by molar-refractivity contribution is 9.10. The molecule has 0 radical (unpaired) electrons. The molecule has 2 aromatic rings. The number of anilines is 1. The van der Waals surface area contributed by atoms with Crippen LogP contribution in [0.3, 0.4) is 0 Å². The van der Waals surface area contributed by atoms with Crippen molar-refractivity contribution < 1.29 is 18.0 Å². The monoisotopic (exact) mass is 444 g/mol. The zero-order valence-electron chi connectivity index (χ0n) is 14.8. The zero-order chi connectivity index (χ0) is 19.8. The van der Waals surface area contributed by atoms with Crippen LogP contribution in [0.1, 0.15) is 48.4 Å². The molecule has 0 spiro atoms. The van der Waals surface area contributed by atoms with Gasteiger partial charge >= 0.3 is 6.18 Å². The molecule has 0 unspecified atom stereocenters. The molecule has 0 fully saturated rings. The van der Waals surface area contributed by atoms with E-state index in [1.807, 2.05) is 13.8 Å². The minimum atomic E-state index is -4.47. The lowest BCUT2D eigenvalue weighted by molar-refractivity contribution is -0.173. The highest BCUT2D eigenvalue weighted by atomic mass is 79.9. The van der Waals surface area contributed by atoms with Crippen LogP contribution in [0.15, 0.2) is 34.8 Å². The van der Waals surface area contributed by atoms with Crippen LogP contribution in [0.5, 0.6) is 0 Å². The Bertz CT molecular complexity index is 817. The van der Waals surface area contributed by atoms with E-state index in [1.165, 1.54) is 6.07 Å². The van der Waals surface area contributed by atoms with Gasteiger partial charge in [-0.15, -0.1) is 0 Å². The molecule has 27 heavy (non-hydrogen) atoms. The first-order valence-electron chi connectivity index (χ1n) is 8.61. The topological polar surface area (TPSA) is 59.0 Å². The fourth-order valence-electron chi connectivity index (χ4n) is 2.99. The van der Waals surface area contributed by atoms with Gasteiger partial charge in [0.15, 0.2) is 11.7 Å². The van der Waals surface area contributed by atoms with Crippen molar-refractivity contribution in [3.05, 3.63) is 46.1 Å². The molecule has 1 aliphatic rings. The van der Waals surface area contributed by atoms with Crippen molar-refractivity contribution in [2.75, 3.05) is 11.9 Å². The molecule has 0 aliphatic carbocycles. The van der Waals surface area contributed by atoms with Crippen LogP contribution in [0.4, 0.5) is 19.0 Å². The number of hydrogen-bond acceptors (Lipinski definition) is 3. The highest BCUT2D eigenvalue weighted by Gasteiger charge is 2.46. The van der Waals surface area contributed by atoms with Crippen LogP contribution in [-0.4, -0.2) is 28.4 Å². The number of carbonyl (C=O) groups excluding carboxylic acids is 1. The highest BCUT2D eigenvalue weighted by Crippen LogP contribution is 2.43. The smallest absolute Gasteiger partial charge is 0.363 e. The Morgan fingerprint density at radius 3 is 2.63 bits per heavy atom. The molecule has 2 heterocycles. The zero-order valence-corrected chi connectivity index (χ0v) is 16.4. The normalized spacial score (nSPS) is 19.5. The van der Waals surface area contributed by atoms with E-state index in [1.54, 1.807) is 24.3 Å². The van der Waals surface area contributed by atoms with Crippen molar-refractivity contribution in [1.82, 2.24) is 15.1 Å². The Morgan fingerprint density at radius 2 is 2.04 bits per heavy atom. The third-order valence-corrected chi connectivity index (χ3v) is 4.89. The van der Waals surface area contributed by atoms with Gasteiger partial charge in [-0.25, -0.2) is 4.68 Å². The standard InChI is InChI=1S/C18H20BrF3N4O/c1-10(2)9-23-17(27)14-8-16-24-13(11-3-5-12(19)6-4-11)7-15(18(20,21)22)26(16)25-14/h3-6,8,10,13,15,24H,7,9H2,1-2H3,(H,23,27)/t13-,15-/m0/s1. The molecule has 3 rings (SSSR count). The largest absolute Gasteiger partial charge is 0.410 e. The van der Waals surface area contributed by atoms with Gasteiger partial charge in [-0.1, -0.05) is 41.9 Å². The third-order valence-electron chi connectivity index (χ3n) is 4.37. The lowest BCUT2D eigenvalue weighted by atomic mass is 9.97. The van der Waals surface area contributed by atoms with E-state index in [0.717, 1.165) is 14.7 Å². The molecule has 0 bridgehead atoms. The number of benzene rings is 1. The fraction of sp³-hybridized carbons (Fsp3) is 0.444. The predicted molar refractivity (Wildman–Crippen MR) is 99.6 cm³/mol. The van der Waals surface area contributed by atoms with Crippen molar-refractivity contribution >= 4 is 27.7 Å². The molecule has 2 atom stereocenters. The van der Waals surface area contributed by atoms with E-state index in [0.29, 0.717) is 6.54 Å². The van der Waals surface area contributed by atoms with E-state index in [2.05, 4.69) is 31.7 Å². The average molecular weight is 445 g/mol. The van der Waals surface area contributed by atoms with Crippen LogP contribution in [0, 0.1) is 5.92 Å². The molecule has 1 aromatic carbocycles. The van der Waals surface area contributed by atoms with Crippen molar-refractivity contribution in [1.29, 1.82) is 0 Å². The lowest BCUT2D eigenvalue weighted by Gasteiger charge is -2.33. The van der Waals surface area contributed by atoms with E-state index in [-0.39, 0.29) is 23.9 Å². The molecule has 1 amide bonds. The van der Waals surface area contributed by atoms with E-state index in [9.17, 15) is 18.0 Å². The number of hydrogen-bond donors (Lipinski definition) is 2. The minimum Gasteiger partial charge on any atom is -0.363 e. The summed E-state index contributed by atoms with van der Waals surface area (Å²) in [6, 6.07) is 6.18. The maximum absolute atomic E-state index is 13.6. The Hall–Kier alpha value is -2.03. The van der Waals surface area contributed by atoms with E-state index in [4.69, 9.17) is 0 Å². The Balaban J connectivity index is 1.91. The van der Waals surface area contributed by atoms with Gasteiger partial charge in [-0.3, -0.25) is 4.79 Å². The van der Waals surface area contributed by atoms with Gasteiger partial charge in [0.25, 0.3) is 5.91 Å². The second kappa shape index (κ2) is 7.53.